The first kappa shape index (κ1) is 10.5. The molecule has 0 aromatic carbocycles. The number of nitrogens with two attached hydrogens (primary N) is 1. The van der Waals surface area contributed by atoms with Crippen LogP contribution in [0.3, 0.4) is 0 Å². The van der Waals surface area contributed by atoms with Gasteiger partial charge in [-0.25, -0.2) is 4.98 Å². The Morgan fingerprint density at radius 2 is 2.47 bits per heavy atom. The molecule has 0 saturated carbocycles. The Hall–Kier alpha value is -1.00. The maximum absolute atomic E-state index is 5.79. The average molecular weight is 228 g/mol. The molecule has 4 nitrogen and oxygen atoms in total. The van der Waals surface area contributed by atoms with Gasteiger partial charge in [-0.1, -0.05) is 11.6 Å². The number of rotatable bonds is 2. The molecule has 5 heteroatoms. The van der Waals surface area contributed by atoms with E-state index >= 15 is 0 Å². The van der Waals surface area contributed by atoms with E-state index in [2.05, 4.69) is 10.3 Å². The van der Waals surface area contributed by atoms with Gasteiger partial charge in [-0.15, -0.1) is 0 Å². The summed E-state index contributed by atoms with van der Waals surface area (Å²) in [5, 5.41) is 3.82. The van der Waals surface area contributed by atoms with E-state index in [1.807, 2.05) is 6.92 Å². The summed E-state index contributed by atoms with van der Waals surface area (Å²) in [4.78, 5) is 4.15. The van der Waals surface area contributed by atoms with Crippen molar-refractivity contribution in [3.63, 3.8) is 0 Å². The largest absolute Gasteiger partial charge is 0.396 e. The summed E-state index contributed by atoms with van der Waals surface area (Å²) in [7, 11) is 0. The molecule has 1 aliphatic rings. The molecule has 0 spiro atoms. The van der Waals surface area contributed by atoms with Gasteiger partial charge in [0.15, 0.2) is 0 Å². The molecule has 0 bridgehead atoms. The molecule has 82 valence electrons. The number of halogens is 1. The number of hydrogen-bond donors (Lipinski definition) is 2. The summed E-state index contributed by atoms with van der Waals surface area (Å²) in [6, 6.07) is 1.97. The summed E-state index contributed by atoms with van der Waals surface area (Å²) >= 11 is 5.77. The van der Waals surface area contributed by atoms with Crippen LogP contribution in [0.2, 0.25) is 5.02 Å². The third-order valence-corrected chi connectivity index (χ3v) is 2.79. The number of nitrogens with zero attached hydrogens (tertiary/aromatic N) is 1. The van der Waals surface area contributed by atoms with E-state index < -0.39 is 0 Å². The zero-order chi connectivity index (χ0) is 10.8. The van der Waals surface area contributed by atoms with E-state index in [-0.39, 0.29) is 12.1 Å². The number of ether oxygens (including phenoxy) is 1. The Morgan fingerprint density at radius 1 is 1.67 bits per heavy atom. The third kappa shape index (κ3) is 2.33. The summed E-state index contributed by atoms with van der Waals surface area (Å²) in [6.07, 6.45) is 2.76. The van der Waals surface area contributed by atoms with Crippen molar-refractivity contribution in [2.45, 2.75) is 25.5 Å². The molecule has 0 amide bonds. The van der Waals surface area contributed by atoms with Crippen LogP contribution in [0.4, 0.5) is 11.5 Å². The van der Waals surface area contributed by atoms with Gasteiger partial charge in [0.25, 0.3) is 0 Å². The smallest absolute Gasteiger partial charge is 0.149 e. The van der Waals surface area contributed by atoms with Gasteiger partial charge in [0.05, 0.1) is 22.9 Å². The molecule has 2 rings (SSSR count). The van der Waals surface area contributed by atoms with Crippen LogP contribution in [0.5, 0.6) is 0 Å². The molecule has 0 radical (unpaired) electrons. The molecule has 15 heavy (non-hydrogen) atoms. The predicted octanol–water partition coefficient (Wildman–Crippen LogP) is 1.91. The highest BCUT2D eigenvalue weighted by atomic mass is 35.5. The number of nitrogens with one attached hydrogen (secondary N) is 1. The van der Waals surface area contributed by atoms with Gasteiger partial charge in [0, 0.05) is 12.8 Å². The first-order chi connectivity index (χ1) is 7.16. The fourth-order valence-electron chi connectivity index (χ4n) is 1.67. The topological polar surface area (TPSA) is 60.2 Å². The highest BCUT2D eigenvalue weighted by molar-refractivity contribution is 6.30. The lowest BCUT2D eigenvalue weighted by molar-refractivity contribution is 0.121. The molecule has 1 aliphatic heterocycles. The Balaban J connectivity index is 2.10. The monoisotopic (exact) mass is 227 g/mol. The van der Waals surface area contributed by atoms with E-state index in [9.17, 15) is 0 Å². The summed E-state index contributed by atoms with van der Waals surface area (Å²) in [5.41, 5.74) is 6.37. The minimum Gasteiger partial charge on any atom is -0.396 e. The normalized spacial score (nSPS) is 25.5. The quantitative estimate of drug-likeness (QED) is 0.810. The van der Waals surface area contributed by atoms with Crippen LogP contribution in [-0.4, -0.2) is 23.7 Å². The maximum atomic E-state index is 5.79. The molecule has 1 aromatic heterocycles. The minimum absolute atomic E-state index is 0.196. The molecule has 2 unspecified atom stereocenters. The number of anilines is 2. The SMILES string of the molecule is CC1OCCC1Nc1ncc(Cl)cc1N. The van der Waals surface area contributed by atoms with Gasteiger partial charge in [-0.2, -0.15) is 0 Å². The van der Waals surface area contributed by atoms with Crippen LogP contribution in [0.15, 0.2) is 12.3 Å². The summed E-state index contributed by atoms with van der Waals surface area (Å²) < 4.78 is 5.44. The first-order valence-electron chi connectivity index (χ1n) is 4.96. The maximum Gasteiger partial charge on any atom is 0.149 e. The molecular weight excluding hydrogens is 214 g/mol. The molecular formula is C10H14ClN3O. The summed E-state index contributed by atoms with van der Waals surface area (Å²) in [5.74, 6) is 0.682. The van der Waals surface area contributed by atoms with Crippen molar-refractivity contribution in [1.29, 1.82) is 0 Å². The minimum atomic E-state index is 0.196. The third-order valence-electron chi connectivity index (χ3n) is 2.58. The number of pyridine rings is 1. The van der Waals surface area contributed by atoms with Crippen molar-refractivity contribution in [3.05, 3.63) is 17.3 Å². The van der Waals surface area contributed by atoms with Crippen LogP contribution in [0.25, 0.3) is 0 Å². The van der Waals surface area contributed by atoms with Crippen LogP contribution < -0.4 is 11.1 Å². The number of hydrogen-bond acceptors (Lipinski definition) is 4. The lowest BCUT2D eigenvalue weighted by Crippen LogP contribution is -2.27. The Morgan fingerprint density at radius 3 is 3.07 bits per heavy atom. The van der Waals surface area contributed by atoms with Crippen molar-refractivity contribution < 1.29 is 4.74 Å². The molecule has 1 aromatic rings. The fraction of sp³-hybridized carbons (Fsp3) is 0.500. The van der Waals surface area contributed by atoms with Crippen LogP contribution >= 0.6 is 11.6 Å². The second-order valence-electron chi connectivity index (χ2n) is 3.71. The standard InChI is InChI=1S/C10H14ClN3O/c1-6-9(2-3-15-6)14-10-8(12)4-7(11)5-13-10/h4-6,9H,2-3,12H2,1H3,(H,13,14). The van der Waals surface area contributed by atoms with Gasteiger partial charge >= 0.3 is 0 Å². The fourth-order valence-corrected chi connectivity index (χ4v) is 1.84. The molecule has 2 heterocycles. The van der Waals surface area contributed by atoms with Gasteiger partial charge in [0.2, 0.25) is 0 Å². The summed E-state index contributed by atoms with van der Waals surface area (Å²) in [6.45, 7) is 2.82. The van der Waals surface area contributed by atoms with Crippen LogP contribution in [-0.2, 0) is 4.74 Å². The number of aromatic nitrogens is 1. The second kappa shape index (κ2) is 4.24. The van der Waals surface area contributed by atoms with Gasteiger partial charge in [-0.05, 0) is 19.4 Å². The molecule has 3 N–H and O–H groups in total. The molecule has 0 aliphatic carbocycles. The van der Waals surface area contributed by atoms with E-state index in [0.717, 1.165) is 13.0 Å². The average Bonchev–Trinajstić information content (AvgIpc) is 2.57. The highest BCUT2D eigenvalue weighted by Gasteiger charge is 2.24. The van der Waals surface area contributed by atoms with Crippen molar-refractivity contribution >= 4 is 23.1 Å². The van der Waals surface area contributed by atoms with Crippen molar-refractivity contribution in [3.8, 4) is 0 Å². The highest BCUT2D eigenvalue weighted by Crippen LogP contribution is 2.23. The number of nitrogen functional groups attached to an aromatic ring is 1. The van der Waals surface area contributed by atoms with Gasteiger partial charge < -0.3 is 15.8 Å². The predicted molar refractivity (Wildman–Crippen MR) is 61.1 cm³/mol. The van der Waals surface area contributed by atoms with Gasteiger partial charge in [-0.3, -0.25) is 0 Å². The molecule has 2 atom stereocenters. The Kier molecular flexibility index (Phi) is 2.98. The van der Waals surface area contributed by atoms with E-state index in [1.165, 1.54) is 0 Å². The zero-order valence-corrected chi connectivity index (χ0v) is 9.29. The van der Waals surface area contributed by atoms with Crippen LogP contribution in [0.1, 0.15) is 13.3 Å². The van der Waals surface area contributed by atoms with Crippen molar-refractivity contribution in [2.24, 2.45) is 0 Å². The first-order valence-corrected chi connectivity index (χ1v) is 5.34. The lowest BCUT2D eigenvalue weighted by Gasteiger charge is -2.17. The lowest BCUT2D eigenvalue weighted by atomic mass is 10.1. The van der Waals surface area contributed by atoms with E-state index in [1.54, 1.807) is 12.3 Å². The zero-order valence-electron chi connectivity index (χ0n) is 8.53. The molecule has 1 saturated heterocycles. The Labute approximate surface area is 93.8 Å². The van der Waals surface area contributed by atoms with Gasteiger partial charge in [0.1, 0.15) is 5.82 Å². The van der Waals surface area contributed by atoms with Crippen molar-refractivity contribution in [2.75, 3.05) is 17.7 Å². The van der Waals surface area contributed by atoms with E-state index in [4.69, 9.17) is 22.1 Å². The van der Waals surface area contributed by atoms with E-state index in [0.29, 0.717) is 16.5 Å². The molecule has 1 fully saturated rings. The van der Waals surface area contributed by atoms with Crippen molar-refractivity contribution in [1.82, 2.24) is 4.98 Å². The Bertz CT molecular complexity index is 359. The van der Waals surface area contributed by atoms with Crippen LogP contribution in [0, 0.1) is 0 Å². The second-order valence-corrected chi connectivity index (χ2v) is 4.14.